The van der Waals surface area contributed by atoms with E-state index in [1.54, 1.807) is 36.5 Å². The van der Waals surface area contributed by atoms with Crippen LogP contribution in [0.5, 0.6) is 0 Å². The number of carboxylic acid groups (broad SMARTS) is 1. The van der Waals surface area contributed by atoms with Crippen LogP contribution in [0.1, 0.15) is 22.8 Å². The molecule has 1 amide bonds. The second kappa shape index (κ2) is 5.57. The molecule has 0 unspecified atom stereocenters. The molecule has 1 aromatic carbocycles. The molecule has 0 fully saturated rings. The third-order valence-electron chi connectivity index (χ3n) is 3.25. The number of thiophene rings is 1. The third kappa shape index (κ3) is 2.56. The maximum Gasteiger partial charge on any atom is 0.335 e. The fraction of sp³-hybridized carbons (Fsp3) is 0.0625. The molecule has 1 aliphatic heterocycles. The van der Waals surface area contributed by atoms with Crippen LogP contribution >= 0.6 is 11.3 Å². The number of hydrogen-bond acceptors (Lipinski definition) is 4. The van der Waals surface area contributed by atoms with Gasteiger partial charge in [-0.3, -0.25) is 4.79 Å². The van der Waals surface area contributed by atoms with Crippen LogP contribution in [0.2, 0.25) is 0 Å². The lowest BCUT2D eigenvalue weighted by Gasteiger charge is -2.12. The van der Waals surface area contributed by atoms with E-state index in [1.165, 1.54) is 17.1 Å². The summed E-state index contributed by atoms with van der Waals surface area (Å²) in [5, 5.41) is 18.4. The Morgan fingerprint density at radius 2 is 2.18 bits per heavy atom. The number of carbonyl (C=O) groups excluding carboxylic acids is 1. The average molecular weight is 312 g/mol. The predicted octanol–water partition coefficient (Wildman–Crippen LogP) is 3.25. The van der Waals surface area contributed by atoms with Crippen molar-refractivity contribution in [3.05, 3.63) is 57.8 Å². The van der Waals surface area contributed by atoms with Gasteiger partial charge in [0.1, 0.15) is 0 Å². The zero-order valence-electron chi connectivity index (χ0n) is 11.7. The Labute approximate surface area is 130 Å². The lowest BCUT2D eigenvalue weighted by molar-refractivity contribution is -0.114. The van der Waals surface area contributed by atoms with Gasteiger partial charge in [-0.2, -0.15) is 21.4 Å². The summed E-state index contributed by atoms with van der Waals surface area (Å²) in [5.74, 6) is -1.30. The van der Waals surface area contributed by atoms with Gasteiger partial charge in [-0.15, -0.1) is 0 Å². The molecule has 6 heteroatoms. The molecule has 0 saturated heterocycles. The summed E-state index contributed by atoms with van der Waals surface area (Å²) in [4.78, 5) is 23.6. The molecular weight excluding hydrogens is 300 g/mol. The van der Waals surface area contributed by atoms with Crippen LogP contribution in [-0.2, 0) is 4.79 Å². The molecule has 22 heavy (non-hydrogen) atoms. The number of carbonyl (C=O) groups is 2. The molecule has 1 aliphatic rings. The Kier molecular flexibility index (Phi) is 3.60. The minimum absolute atomic E-state index is 0.119. The number of benzene rings is 1. The number of aromatic carboxylic acids is 1. The smallest absolute Gasteiger partial charge is 0.335 e. The van der Waals surface area contributed by atoms with E-state index in [2.05, 4.69) is 5.10 Å². The number of carboxylic acids is 1. The predicted molar refractivity (Wildman–Crippen MR) is 86.3 cm³/mol. The van der Waals surface area contributed by atoms with Gasteiger partial charge in [0.25, 0.3) is 5.91 Å². The van der Waals surface area contributed by atoms with E-state index in [9.17, 15) is 9.59 Å². The molecule has 110 valence electrons. The highest BCUT2D eigenvalue weighted by atomic mass is 32.1. The van der Waals surface area contributed by atoms with Crippen molar-refractivity contribution in [3.63, 3.8) is 0 Å². The second-order valence-corrected chi connectivity index (χ2v) is 5.55. The van der Waals surface area contributed by atoms with Crippen molar-refractivity contribution in [1.29, 1.82) is 0 Å². The largest absolute Gasteiger partial charge is 0.478 e. The Balaban J connectivity index is 1.96. The fourth-order valence-electron chi connectivity index (χ4n) is 2.15. The summed E-state index contributed by atoms with van der Waals surface area (Å²) in [6.45, 7) is 1.76. The first-order valence-corrected chi connectivity index (χ1v) is 7.48. The zero-order chi connectivity index (χ0) is 15.7. The first-order valence-electron chi connectivity index (χ1n) is 6.53. The number of hydrazone groups is 1. The Morgan fingerprint density at radius 1 is 1.36 bits per heavy atom. The van der Waals surface area contributed by atoms with Crippen molar-refractivity contribution in [3.8, 4) is 0 Å². The van der Waals surface area contributed by atoms with Crippen LogP contribution in [0.4, 0.5) is 5.69 Å². The number of hydrogen-bond donors (Lipinski definition) is 1. The van der Waals surface area contributed by atoms with Crippen molar-refractivity contribution in [2.45, 2.75) is 6.92 Å². The summed E-state index contributed by atoms with van der Waals surface area (Å²) < 4.78 is 0. The van der Waals surface area contributed by atoms with E-state index >= 15 is 0 Å². The number of rotatable bonds is 3. The van der Waals surface area contributed by atoms with Crippen molar-refractivity contribution in [1.82, 2.24) is 0 Å². The SMILES string of the molecule is CC1=NN(c2cccc(C(=O)O)c2)C(=O)/C1=C\c1ccsc1. The molecule has 0 radical (unpaired) electrons. The monoisotopic (exact) mass is 312 g/mol. The van der Waals surface area contributed by atoms with Gasteiger partial charge in [-0.1, -0.05) is 6.07 Å². The van der Waals surface area contributed by atoms with E-state index in [1.807, 2.05) is 16.8 Å². The summed E-state index contributed by atoms with van der Waals surface area (Å²) in [6.07, 6.45) is 1.79. The van der Waals surface area contributed by atoms with Crippen molar-refractivity contribution in [2.24, 2.45) is 5.10 Å². The second-order valence-electron chi connectivity index (χ2n) is 4.77. The van der Waals surface area contributed by atoms with Gasteiger partial charge in [-0.05, 0) is 53.6 Å². The van der Waals surface area contributed by atoms with E-state index in [-0.39, 0.29) is 11.5 Å². The van der Waals surface area contributed by atoms with Gasteiger partial charge in [0, 0.05) is 0 Å². The van der Waals surface area contributed by atoms with E-state index in [4.69, 9.17) is 5.11 Å². The highest BCUT2D eigenvalue weighted by Gasteiger charge is 2.29. The molecule has 0 aliphatic carbocycles. The van der Waals surface area contributed by atoms with Crippen LogP contribution in [-0.4, -0.2) is 22.7 Å². The normalized spacial score (nSPS) is 16.2. The topological polar surface area (TPSA) is 70.0 Å². The van der Waals surface area contributed by atoms with Crippen molar-refractivity contribution in [2.75, 3.05) is 5.01 Å². The summed E-state index contributed by atoms with van der Waals surface area (Å²) in [7, 11) is 0. The fourth-order valence-corrected chi connectivity index (χ4v) is 2.77. The first-order chi connectivity index (χ1) is 10.6. The Morgan fingerprint density at radius 3 is 2.86 bits per heavy atom. The highest BCUT2D eigenvalue weighted by Crippen LogP contribution is 2.26. The van der Waals surface area contributed by atoms with E-state index < -0.39 is 5.97 Å². The van der Waals surface area contributed by atoms with Crippen LogP contribution < -0.4 is 5.01 Å². The molecule has 2 heterocycles. The summed E-state index contributed by atoms with van der Waals surface area (Å²) in [6, 6.07) is 8.09. The third-order valence-corrected chi connectivity index (χ3v) is 3.96. The van der Waals surface area contributed by atoms with Gasteiger partial charge >= 0.3 is 5.97 Å². The minimum Gasteiger partial charge on any atom is -0.478 e. The number of nitrogens with zero attached hydrogens (tertiary/aromatic N) is 2. The molecule has 0 spiro atoms. The van der Waals surface area contributed by atoms with Crippen molar-refractivity contribution < 1.29 is 14.7 Å². The van der Waals surface area contributed by atoms with Crippen LogP contribution in [0.25, 0.3) is 6.08 Å². The molecule has 1 N–H and O–H groups in total. The standard InChI is InChI=1S/C16H12N2O3S/c1-10-14(7-11-5-6-22-9-11)15(19)18(17-10)13-4-2-3-12(8-13)16(20)21/h2-9H,1H3,(H,20,21)/b14-7-. The quantitative estimate of drug-likeness (QED) is 0.884. The van der Waals surface area contributed by atoms with Crippen molar-refractivity contribution >= 4 is 40.7 Å². The molecule has 3 rings (SSSR count). The molecule has 0 atom stereocenters. The van der Waals surface area contributed by atoms with E-state index in [0.29, 0.717) is 17.0 Å². The van der Waals surface area contributed by atoms with E-state index in [0.717, 1.165) is 5.56 Å². The molecule has 1 aromatic heterocycles. The molecule has 5 nitrogen and oxygen atoms in total. The Hall–Kier alpha value is -2.73. The maximum atomic E-state index is 12.5. The van der Waals surface area contributed by atoms with Crippen LogP contribution in [0.15, 0.2) is 51.8 Å². The van der Waals surface area contributed by atoms with Gasteiger partial charge in [0.15, 0.2) is 0 Å². The first kappa shape index (κ1) is 14.2. The van der Waals surface area contributed by atoms with Crippen LogP contribution in [0.3, 0.4) is 0 Å². The Bertz CT molecular complexity index is 807. The van der Waals surface area contributed by atoms with Gasteiger partial charge in [-0.25, -0.2) is 4.79 Å². The summed E-state index contributed by atoms with van der Waals surface area (Å²) >= 11 is 1.55. The lowest BCUT2D eigenvalue weighted by atomic mass is 10.1. The van der Waals surface area contributed by atoms with Crippen LogP contribution in [0, 0.1) is 0 Å². The van der Waals surface area contributed by atoms with Gasteiger partial charge < -0.3 is 5.11 Å². The summed E-state index contributed by atoms with van der Waals surface area (Å²) in [5.41, 5.74) is 2.63. The molecule has 2 aromatic rings. The molecule has 0 bridgehead atoms. The number of anilines is 1. The molecular formula is C16H12N2O3S. The zero-order valence-corrected chi connectivity index (χ0v) is 12.5. The highest BCUT2D eigenvalue weighted by molar-refractivity contribution is 7.08. The average Bonchev–Trinajstić information content (AvgIpc) is 3.11. The maximum absolute atomic E-state index is 12.5. The minimum atomic E-state index is -1.04. The molecule has 0 saturated carbocycles. The van der Waals surface area contributed by atoms with Gasteiger partial charge in [0.2, 0.25) is 0 Å². The number of amides is 1. The van der Waals surface area contributed by atoms with Gasteiger partial charge in [0.05, 0.1) is 22.5 Å². The lowest BCUT2D eigenvalue weighted by Crippen LogP contribution is -2.21.